The lowest BCUT2D eigenvalue weighted by atomic mass is 10.1. The fraction of sp³-hybridized carbons (Fsp3) is 0.286. The topological polar surface area (TPSA) is 42.4 Å². The number of fused-ring (bicyclic) bond motifs is 1. The van der Waals surface area contributed by atoms with E-state index in [1.807, 2.05) is 18.2 Å². The molecule has 0 bridgehead atoms. The van der Waals surface area contributed by atoms with Crippen molar-refractivity contribution in [3.05, 3.63) is 39.5 Å². The van der Waals surface area contributed by atoms with E-state index in [2.05, 4.69) is 20.9 Å². The number of morpholine rings is 1. The number of carbonyl (C=O) groups is 1. The second-order valence-corrected chi connectivity index (χ2v) is 5.84. The molecule has 1 aliphatic heterocycles. The van der Waals surface area contributed by atoms with Crippen LogP contribution in [0.3, 0.4) is 0 Å². The van der Waals surface area contributed by atoms with E-state index in [1.165, 1.54) is 0 Å². The molecule has 0 aliphatic carbocycles. The molecule has 104 valence electrons. The van der Waals surface area contributed by atoms with Crippen LogP contribution in [0.25, 0.3) is 10.9 Å². The molecule has 1 fully saturated rings. The van der Waals surface area contributed by atoms with Crippen LogP contribution in [0.4, 0.5) is 0 Å². The molecule has 20 heavy (non-hydrogen) atoms. The van der Waals surface area contributed by atoms with Crippen molar-refractivity contribution in [2.45, 2.75) is 0 Å². The summed E-state index contributed by atoms with van der Waals surface area (Å²) in [6.45, 7) is 2.31. The zero-order valence-corrected chi connectivity index (χ0v) is 12.9. The third-order valence-electron chi connectivity index (χ3n) is 3.26. The van der Waals surface area contributed by atoms with Gasteiger partial charge in [0.15, 0.2) is 0 Å². The minimum atomic E-state index is -0.0901. The van der Waals surface area contributed by atoms with E-state index in [0.717, 1.165) is 15.4 Å². The van der Waals surface area contributed by atoms with Crippen LogP contribution in [-0.4, -0.2) is 42.1 Å². The van der Waals surface area contributed by atoms with Gasteiger partial charge in [-0.15, -0.1) is 0 Å². The van der Waals surface area contributed by atoms with Gasteiger partial charge in [0.1, 0.15) is 5.15 Å². The number of hydrogen-bond donors (Lipinski definition) is 0. The molecule has 0 atom stereocenters. The first kappa shape index (κ1) is 13.8. The molecule has 3 rings (SSSR count). The van der Waals surface area contributed by atoms with Crippen molar-refractivity contribution in [3.8, 4) is 0 Å². The maximum atomic E-state index is 12.5. The van der Waals surface area contributed by atoms with E-state index in [0.29, 0.717) is 31.9 Å². The number of carbonyl (C=O) groups excluding carboxylic acids is 1. The number of pyridine rings is 1. The number of aromatic nitrogens is 1. The number of nitrogens with zero attached hydrogens (tertiary/aromatic N) is 2. The predicted molar refractivity (Wildman–Crippen MR) is 81.2 cm³/mol. The highest BCUT2D eigenvalue weighted by Crippen LogP contribution is 2.24. The molecule has 4 nitrogen and oxygen atoms in total. The van der Waals surface area contributed by atoms with Crippen LogP contribution in [0, 0.1) is 0 Å². The van der Waals surface area contributed by atoms with Crippen LogP contribution in [0.15, 0.2) is 28.7 Å². The summed E-state index contributed by atoms with van der Waals surface area (Å²) in [4.78, 5) is 18.5. The minimum Gasteiger partial charge on any atom is -0.378 e. The first-order chi connectivity index (χ1) is 9.65. The summed E-state index contributed by atoms with van der Waals surface area (Å²) in [5.41, 5.74) is 1.22. The quantitative estimate of drug-likeness (QED) is 0.738. The molecule has 1 aromatic carbocycles. The molecular weight excluding hydrogens is 344 g/mol. The third kappa shape index (κ3) is 2.66. The lowest BCUT2D eigenvalue weighted by Gasteiger charge is -2.27. The zero-order valence-electron chi connectivity index (χ0n) is 10.6. The summed E-state index contributed by atoms with van der Waals surface area (Å²) in [7, 11) is 0. The monoisotopic (exact) mass is 354 g/mol. The maximum Gasteiger partial charge on any atom is 0.257 e. The molecule has 0 unspecified atom stereocenters. The normalized spacial score (nSPS) is 15.6. The number of rotatable bonds is 1. The molecule has 6 heteroatoms. The van der Waals surface area contributed by atoms with Gasteiger partial charge in [0.25, 0.3) is 5.91 Å². The third-order valence-corrected chi connectivity index (χ3v) is 4.04. The largest absolute Gasteiger partial charge is 0.378 e. The molecule has 2 heterocycles. The molecule has 1 saturated heterocycles. The van der Waals surface area contributed by atoms with Crippen molar-refractivity contribution in [1.29, 1.82) is 0 Å². The summed E-state index contributed by atoms with van der Waals surface area (Å²) in [6.07, 6.45) is 0. The van der Waals surface area contributed by atoms with Gasteiger partial charge in [-0.05, 0) is 24.3 Å². The second-order valence-electron chi connectivity index (χ2n) is 4.57. The number of benzene rings is 1. The molecular formula is C14H12BrClN2O2. The van der Waals surface area contributed by atoms with Crippen molar-refractivity contribution < 1.29 is 9.53 Å². The van der Waals surface area contributed by atoms with E-state index in [-0.39, 0.29) is 11.1 Å². The van der Waals surface area contributed by atoms with Crippen LogP contribution >= 0.6 is 27.5 Å². The molecule has 0 saturated carbocycles. The Bertz CT molecular complexity index is 672. The van der Waals surface area contributed by atoms with E-state index in [4.69, 9.17) is 16.3 Å². The predicted octanol–water partition coefficient (Wildman–Crippen LogP) is 3.12. The average Bonchev–Trinajstić information content (AvgIpc) is 2.47. The van der Waals surface area contributed by atoms with Crippen molar-refractivity contribution >= 4 is 44.3 Å². The first-order valence-corrected chi connectivity index (χ1v) is 7.45. The van der Waals surface area contributed by atoms with Gasteiger partial charge in [0.05, 0.1) is 24.3 Å². The number of hydrogen-bond acceptors (Lipinski definition) is 3. The fourth-order valence-electron chi connectivity index (χ4n) is 2.21. The highest BCUT2D eigenvalue weighted by Gasteiger charge is 2.21. The van der Waals surface area contributed by atoms with Gasteiger partial charge in [-0.2, -0.15) is 0 Å². The fourth-order valence-corrected chi connectivity index (χ4v) is 2.82. The van der Waals surface area contributed by atoms with Gasteiger partial charge in [-0.3, -0.25) is 4.79 Å². The summed E-state index contributed by atoms with van der Waals surface area (Å²) < 4.78 is 6.20. The standard InChI is InChI=1S/C14H12BrClN2O2/c15-10-1-2-12-9(7-10)8-11(13(16)17-12)14(19)18-3-5-20-6-4-18/h1-2,7-8H,3-6H2. The van der Waals surface area contributed by atoms with Gasteiger partial charge in [0, 0.05) is 22.9 Å². The minimum absolute atomic E-state index is 0.0901. The van der Waals surface area contributed by atoms with Crippen LogP contribution in [0.2, 0.25) is 5.15 Å². The molecule has 1 amide bonds. The Balaban J connectivity index is 2.01. The lowest BCUT2D eigenvalue weighted by Crippen LogP contribution is -2.40. The highest BCUT2D eigenvalue weighted by atomic mass is 79.9. The van der Waals surface area contributed by atoms with Gasteiger partial charge >= 0.3 is 0 Å². The van der Waals surface area contributed by atoms with Crippen LogP contribution < -0.4 is 0 Å². The summed E-state index contributed by atoms with van der Waals surface area (Å²) in [5, 5.41) is 1.14. The van der Waals surface area contributed by atoms with Gasteiger partial charge in [0.2, 0.25) is 0 Å². The zero-order chi connectivity index (χ0) is 14.1. The smallest absolute Gasteiger partial charge is 0.257 e. The number of halogens is 2. The Morgan fingerprint density at radius 3 is 2.80 bits per heavy atom. The van der Waals surface area contributed by atoms with Crippen molar-refractivity contribution in [3.63, 3.8) is 0 Å². The molecule has 2 aromatic rings. The van der Waals surface area contributed by atoms with Crippen molar-refractivity contribution in [1.82, 2.24) is 9.88 Å². The van der Waals surface area contributed by atoms with Gasteiger partial charge < -0.3 is 9.64 Å². The lowest BCUT2D eigenvalue weighted by molar-refractivity contribution is 0.0303. The Morgan fingerprint density at radius 1 is 1.30 bits per heavy atom. The van der Waals surface area contributed by atoms with Crippen molar-refractivity contribution in [2.75, 3.05) is 26.3 Å². The Morgan fingerprint density at radius 2 is 2.05 bits per heavy atom. The number of ether oxygens (including phenoxy) is 1. The summed E-state index contributed by atoms with van der Waals surface area (Å²) in [6, 6.07) is 7.49. The van der Waals surface area contributed by atoms with Crippen LogP contribution in [0.1, 0.15) is 10.4 Å². The SMILES string of the molecule is O=C(c1cc2cc(Br)ccc2nc1Cl)N1CCOCC1. The van der Waals surface area contributed by atoms with E-state index < -0.39 is 0 Å². The van der Waals surface area contributed by atoms with Crippen molar-refractivity contribution in [2.24, 2.45) is 0 Å². The Kier molecular flexibility index (Phi) is 3.92. The Labute approximate surface area is 129 Å². The first-order valence-electron chi connectivity index (χ1n) is 6.28. The van der Waals surface area contributed by atoms with E-state index in [9.17, 15) is 4.79 Å². The second kappa shape index (κ2) is 5.68. The summed E-state index contributed by atoms with van der Waals surface area (Å²) in [5.74, 6) is -0.0901. The summed E-state index contributed by atoms with van der Waals surface area (Å²) >= 11 is 9.57. The molecule has 1 aliphatic rings. The van der Waals surface area contributed by atoms with Gasteiger partial charge in [-0.1, -0.05) is 27.5 Å². The van der Waals surface area contributed by atoms with Crippen LogP contribution in [0.5, 0.6) is 0 Å². The average molecular weight is 356 g/mol. The highest BCUT2D eigenvalue weighted by molar-refractivity contribution is 9.10. The van der Waals surface area contributed by atoms with Gasteiger partial charge in [-0.25, -0.2) is 4.98 Å². The molecule has 0 N–H and O–H groups in total. The Hall–Kier alpha value is -1.17. The van der Waals surface area contributed by atoms with E-state index >= 15 is 0 Å². The maximum absolute atomic E-state index is 12.5. The molecule has 1 aromatic heterocycles. The molecule has 0 radical (unpaired) electrons. The van der Waals surface area contributed by atoms with E-state index in [1.54, 1.807) is 11.0 Å². The van der Waals surface area contributed by atoms with Crippen LogP contribution in [-0.2, 0) is 4.74 Å². The molecule has 0 spiro atoms. The number of amides is 1.